The van der Waals surface area contributed by atoms with E-state index in [1.807, 2.05) is 0 Å². The Morgan fingerprint density at radius 2 is 1.44 bits per heavy atom. The van der Waals surface area contributed by atoms with Crippen LogP contribution in [0, 0.1) is 0 Å². The molecule has 0 fully saturated rings. The number of nitrogens with zero attached hydrogens (tertiary/aromatic N) is 2. The molecule has 0 saturated carbocycles. The lowest BCUT2D eigenvalue weighted by Crippen LogP contribution is -2.15. The zero-order valence-corrected chi connectivity index (χ0v) is 23.3. The average molecular weight is 602 g/mol. The highest BCUT2D eigenvalue weighted by atomic mass is 35.5. The third-order valence-corrected chi connectivity index (χ3v) is 9.81. The van der Waals surface area contributed by atoms with E-state index in [1.54, 1.807) is 60.7 Å². The number of fused-ring (bicyclic) bond motifs is 1. The monoisotopic (exact) mass is 601 g/mol. The summed E-state index contributed by atoms with van der Waals surface area (Å²) in [5.41, 5.74) is 1.67. The molecule has 0 amide bonds. The third-order valence-electron chi connectivity index (χ3n) is 5.36. The molecule has 2 heterocycles. The number of nitrogens with one attached hydrogen (secondary N) is 3. The predicted octanol–water partition coefficient (Wildman–Crippen LogP) is 5.70. The molecule has 3 aromatic carbocycles. The van der Waals surface area contributed by atoms with Gasteiger partial charge in [-0.25, -0.2) is 26.8 Å². The first-order valence-corrected chi connectivity index (χ1v) is 15.4. The van der Waals surface area contributed by atoms with Crippen molar-refractivity contribution in [3.8, 4) is 5.75 Å². The van der Waals surface area contributed by atoms with Crippen molar-refractivity contribution in [2.45, 2.75) is 9.10 Å². The van der Waals surface area contributed by atoms with E-state index >= 15 is 0 Å². The smallest absolute Gasteiger partial charge is 0.272 e. The number of ether oxygens (including phenoxy) is 1. The van der Waals surface area contributed by atoms with E-state index in [2.05, 4.69) is 24.7 Å². The number of sulfonamides is 2. The normalized spacial score (nSPS) is 11.7. The van der Waals surface area contributed by atoms with Crippen LogP contribution in [0.5, 0.6) is 5.75 Å². The zero-order chi connectivity index (χ0) is 27.6. The fourth-order valence-corrected chi connectivity index (χ4v) is 7.12. The van der Waals surface area contributed by atoms with Crippen LogP contribution in [-0.4, -0.2) is 33.9 Å². The highest BCUT2D eigenvalue weighted by Gasteiger charge is 2.21. The van der Waals surface area contributed by atoms with Crippen molar-refractivity contribution in [2.75, 3.05) is 21.9 Å². The molecule has 200 valence electrons. The molecule has 2 aromatic heterocycles. The van der Waals surface area contributed by atoms with Gasteiger partial charge in [0.2, 0.25) is 0 Å². The Labute approximate surface area is 233 Å². The van der Waals surface area contributed by atoms with Gasteiger partial charge in [0.1, 0.15) is 9.96 Å². The van der Waals surface area contributed by atoms with Gasteiger partial charge in [-0.05, 0) is 66.7 Å². The summed E-state index contributed by atoms with van der Waals surface area (Å²) in [5, 5.41) is 3.00. The van der Waals surface area contributed by atoms with E-state index in [0.717, 1.165) is 11.3 Å². The molecule has 10 nitrogen and oxygen atoms in total. The molecule has 0 atom stereocenters. The first-order valence-electron chi connectivity index (χ1n) is 11.2. The van der Waals surface area contributed by atoms with Crippen molar-refractivity contribution < 1.29 is 21.6 Å². The molecule has 0 unspecified atom stereocenters. The molecule has 0 radical (unpaired) electrons. The summed E-state index contributed by atoms with van der Waals surface area (Å²) in [6.07, 6.45) is 0. The van der Waals surface area contributed by atoms with Crippen molar-refractivity contribution in [2.24, 2.45) is 0 Å². The lowest BCUT2D eigenvalue weighted by molar-refractivity contribution is 0.415. The molecule has 5 rings (SSSR count). The van der Waals surface area contributed by atoms with Gasteiger partial charge in [0.15, 0.2) is 11.6 Å². The van der Waals surface area contributed by atoms with Crippen molar-refractivity contribution in [3.63, 3.8) is 0 Å². The van der Waals surface area contributed by atoms with Crippen molar-refractivity contribution >= 4 is 77.0 Å². The zero-order valence-electron chi connectivity index (χ0n) is 20.1. The molecular formula is C25H20ClN5O5S3. The summed E-state index contributed by atoms with van der Waals surface area (Å²) >= 11 is 6.83. The number of para-hydroxylation sites is 2. The molecular weight excluding hydrogens is 582 g/mol. The third kappa shape index (κ3) is 6.06. The number of methoxy groups -OCH3 is 1. The average Bonchev–Trinajstić information content (AvgIpc) is 3.37. The Balaban J connectivity index is 1.47. The Kier molecular flexibility index (Phi) is 7.32. The van der Waals surface area contributed by atoms with Crippen LogP contribution in [0.4, 0.5) is 23.0 Å². The van der Waals surface area contributed by atoms with Crippen LogP contribution in [0.15, 0.2) is 94.0 Å². The molecule has 0 aliphatic heterocycles. The molecule has 0 spiro atoms. The lowest BCUT2D eigenvalue weighted by Gasteiger charge is -2.14. The van der Waals surface area contributed by atoms with Crippen LogP contribution in [0.25, 0.3) is 11.0 Å². The highest BCUT2D eigenvalue weighted by Crippen LogP contribution is 2.31. The van der Waals surface area contributed by atoms with Crippen molar-refractivity contribution in [1.82, 2.24) is 9.97 Å². The van der Waals surface area contributed by atoms with Crippen LogP contribution in [0.3, 0.4) is 0 Å². The van der Waals surface area contributed by atoms with Crippen LogP contribution >= 0.6 is 22.9 Å². The molecule has 14 heteroatoms. The Morgan fingerprint density at radius 1 is 0.744 bits per heavy atom. The molecule has 0 aliphatic rings. The Bertz CT molecular complexity index is 1880. The van der Waals surface area contributed by atoms with Crippen LogP contribution in [0.2, 0.25) is 4.34 Å². The molecule has 0 bridgehead atoms. The van der Waals surface area contributed by atoms with Crippen molar-refractivity contribution in [3.05, 3.63) is 89.3 Å². The Hall–Kier alpha value is -3.91. The van der Waals surface area contributed by atoms with Gasteiger partial charge in [0, 0.05) is 11.4 Å². The van der Waals surface area contributed by atoms with E-state index in [9.17, 15) is 16.8 Å². The van der Waals surface area contributed by atoms with Gasteiger partial charge in [-0.1, -0.05) is 29.8 Å². The fraction of sp³-hybridized carbons (Fsp3) is 0.0400. The number of hydrogen-bond acceptors (Lipinski definition) is 9. The number of aromatic nitrogens is 2. The van der Waals surface area contributed by atoms with E-state index in [0.29, 0.717) is 32.5 Å². The van der Waals surface area contributed by atoms with Gasteiger partial charge in [-0.2, -0.15) is 0 Å². The summed E-state index contributed by atoms with van der Waals surface area (Å²) < 4.78 is 62.5. The summed E-state index contributed by atoms with van der Waals surface area (Å²) in [4.78, 5) is 8.95. The topological polar surface area (TPSA) is 139 Å². The fourth-order valence-electron chi connectivity index (χ4n) is 3.53. The second kappa shape index (κ2) is 10.7. The van der Waals surface area contributed by atoms with Gasteiger partial charge in [-0.3, -0.25) is 9.44 Å². The van der Waals surface area contributed by atoms with Gasteiger partial charge < -0.3 is 10.1 Å². The molecule has 5 aromatic rings. The van der Waals surface area contributed by atoms with Gasteiger partial charge in [-0.15, -0.1) is 11.3 Å². The van der Waals surface area contributed by atoms with E-state index in [4.69, 9.17) is 16.3 Å². The summed E-state index contributed by atoms with van der Waals surface area (Å²) in [5.74, 6) is 0.606. The van der Waals surface area contributed by atoms with E-state index in [-0.39, 0.29) is 20.7 Å². The minimum Gasteiger partial charge on any atom is -0.497 e. The minimum absolute atomic E-state index is 0.00565. The summed E-state index contributed by atoms with van der Waals surface area (Å²) in [7, 11) is -6.45. The van der Waals surface area contributed by atoms with Crippen LogP contribution < -0.4 is 19.5 Å². The first-order chi connectivity index (χ1) is 18.6. The second-order valence-corrected chi connectivity index (χ2v) is 13.4. The number of hydrogen-bond donors (Lipinski definition) is 3. The Morgan fingerprint density at radius 3 is 2.08 bits per heavy atom. The number of thiophene rings is 1. The number of halogens is 1. The van der Waals surface area contributed by atoms with Gasteiger partial charge >= 0.3 is 0 Å². The van der Waals surface area contributed by atoms with Crippen LogP contribution in [0.1, 0.15) is 0 Å². The first kappa shape index (κ1) is 26.7. The maximum Gasteiger partial charge on any atom is 0.272 e. The van der Waals surface area contributed by atoms with Gasteiger partial charge in [0.25, 0.3) is 20.0 Å². The highest BCUT2D eigenvalue weighted by molar-refractivity contribution is 7.94. The maximum atomic E-state index is 13.0. The van der Waals surface area contributed by atoms with Crippen LogP contribution in [-0.2, 0) is 20.0 Å². The molecule has 0 saturated heterocycles. The number of benzene rings is 3. The predicted molar refractivity (Wildman–Crippen MR) is 153 cm³/mol. The van der Waals surface area contributed by atoms with Crippen molar-refractivity contribution in [1.29, 1.82) is 0 Å². The number of rotatable bonds is 9. The summed E-state index contributed by atoms with van der Waals surface area (Å²) in [6, 6.07) is 22.3. The standard InChI is InChI=1S/C25H20ClN5O5S3/c1-36-18-11-9-16(10-12-18)30-38(32,33)19-6-4-5-17(15-19)27-24-25(29-21-8-3-2-7-20(21)28-24)31-39(34,35)23-14-13-22(26)37-23/h2-15,30H,1H3,(H,27,28)(H,29,31). The SMILES string of the molecule is COc1ccc(NS(=O)(=O)c2cccc(Nc3nc4ccccc4nc3NS(=O)(=O)c3ccc(Cl)s3)c2)cc1. The van der Waals surface area contributed by atoms with E-state index in [1.165, 1.54) is 31.4 Å². The lowest BCUT2D eigenvalue weighted by atomic mass is 10.3. The van der Waals surface area contributed by atoms with Gasteiger partial charge in [0.05, 0.1) is 27.4 Å². The van der Waals surface area contributed by atoms with E-state index < -0.39 is 20.0 Å². The quantitative estimate of drug-likeness (QED) is 0.195. The molecule has 39 heavy (non-hydrogen) atoms. The molecule has 0 aliphatic carbocycles. The minimum atomic E-state index is -4.02. The second-order valence-electron chi connectivity index (χ2n) is 8.06. The number of anilines is 4. The summed E-state index contributed by atoms with van der Waals surface area (Å²) in [6.45, 7) is 0. The largest absolute Gasteiger partial charge is 0.497 e. The maximum absolute atomic E-state index is 13.0. The molecule has 3 N–H and O–H groups in total.